The summed E-state index contributed by atoms with van der Waals surface area (Å²) in [5.74, 6) is 0. The van der Waals surface area contributed by atoms with Gasteiger partial charge in [0.1, 0.15) is 12.2 Å². The van der Waals surface area contributed by atoms with E-state index in [1.165, 1.54) is 0 Å². The fraction of sp³-hybridized carbons (Fsp3) is 0.333. The molecule has 0 aliphatic heterocycles. The average Bonchev–Trinajstić information content (AvgIpc) is 1.96. The number of rotatable bonds is 1. The molecule has 60 valence electrons. The Bertz CT molecular complexity index is 226. The van der Waals surface area contributed by atoms with E-state index in [0.717, 1.165) is 5.57 Å². The van der Waals surface area contributed by atoms with Gasteiger partial charge in [-0.2, -0.15) is 0 Å². The number of allylic oxidation sites excluding steroid dienone is 2. The molecule has 0 aromatic rings. The smallest absolute Gasteiger partial charge is 0.108 e. The summed E-state index contributed by atoms with van der Waals surface area (Å²) in [4.78, 5) is 0. The second-order valence-corrected chi connectivity index (χ2v) is 2.69. The van der Waals surface area contributed by atoms with Crippen LogP contribution in [0.25, 0.3) is 0 Å². The van der Waals surface area contributed by atoms with E-state index in [1.807, 2.05) is 13.0 Å². The predicted octanol–water partition coefficient (Wildman–Crippen LogP) is 0.780. The van der Waals surface area contributed by atoms with Gasteiger partial charge in [0.2, 0.25) is 0 Å². The minimum Gasteiger partial charge on any atom is -0.386 e. The molecule has 2 N–H and O–H groups in total. The van der Waals surface area contributed by atoms with E-state index in [9.17, 15) is 10.2 Å². The highest BCUT2D eigenvalue weighted by molar-refractivity contribution is 5.37. The Kier molecular flexibility index (Phi) is 2.27. The van der Waals surface area contributed by atoms with Crippen molar-refractivity contribution >= 4 is 0 Å². The number of aliphatic hydroxyl groups is 2. The van der Waals surface area contributed by atoms with Crippen LogP contribution in [0, 0.1) is 0 Å². The molecule has 0 radical (unpaired) electrons. The molecule has 11 heavy (non-hydrogen) atoms. The van der Waals surface area contributed by atoms with Crippen LogP contribution in [0.2, 0.25) is 0 Å². The van der Waals surface area contributed by atoms with Crippen molar-refractivity contribution in [3.05, 3.63) is 36.0 Å². The first-order valence-corrected chi connectivity index (χ1v) is 3.53. The molecule has 0 saturated heterocycles. The zero-order valence-electron chi connectivity index (χ0n) is 6.49. The second kappa shape index (κ2) is 3.03. The zero-order valence-corrected chi connectivity index (χ0v) is 6.49. The highest BCUT2D eigenvalue weighted by atomic mass is 16.3. The van der Waals surface area contributed by atoms with Gasteiger partial charge in [-0.25, -0.2) is 0 Å². The van der Waals surface area contributed by atoms with Gasteiger partial charge in [0.15, 0.2) is 0 Å². The molecule has 1 rings (SSSR count). The van der Waals surface area contributed by atoms with E-state index in [1.54, 1.807) is 12.2 Å². The van der Waals surface area contributed by atoms with Crippen molar-refractivity contribution in [2.24, 2.45) is 0 Å². The van der Waals surface area contributed by atoms with Crippen molar-refractivity contribution in [1.82, 2.24) is 0 Å². The minimum absolute atomic E-state index is 0.678. The largest absolute Gasteiger partial charge is 0.386 e. The van der Waals surface area contributed by atoms with Crippen LogP contribution in [0.5, 0.6) is 0 Å². The Morgan fingerprint density at radius 2 is 2.18 bits per heavy atom. The van der Waals surface area contributed by atoms with E-state index >= 15 is 0 Å². The lowest BCUT2D eigenvalue weighted by atomic mass is 9.95. The predicted molar refractivity (Wildman–Crippen MR) is 44.1 cm³/mol. The maximum absolute atomic E-state index is 9.32. The molecule has 0 spiro atoms. The lowest BCUT2D eigenvalue weighted by molar-refractivity contribution is 0.0731. The molecular formula is C9H12O2. The summed E-state index contributed by atoms with van der Waals surface area (Å²) in [5.41, 5.74) is 1.63. The van der Waals surface area contributed by atoms with E-state index in [4.69, 9.17) is 0 Å². The monoisotopic (exact) mass is 152 g/mol. The lowest BCUT2D eigenvalue weighted by Crippen LogP contribution is -2.27. The van der Waals surface area contributed by atoms with E-state index in [0.29, 0.717) is 5.57 Å². The molecule has 0 amide bonds. The third kappa shape index (κ3) is 1.59. The summed E-state index contributed by atoms with van der Waals surface area (Å²) >= 11 is 0. The molecule has 0 unspecified atom stereocenters. The summed E-state index contributed by atoms with van der Waals surface area (Å²) in [5, 5.41) is 18.6. The first kappa shape index (κ1) is 8.24. The maximum Gasteiger partial charge on any atom is 0.108 e. The van der Waals surface area contributed by atoms with Crippen LogP contribution in [0.15, 0.2) is 36.0 Å². The standard InChI is InChI=1S/C9H12O2/c1-3-7-4-6(2)5-8(10)9(7)11/h3-5,8-11H,1H2,2H3/t8-,9+/m0/s1. The van der Waals surface area contributed by atoms with Gasteiger partial charge in [-0.1, -0.05) is 30.4 Å². The Hall–Kier alpha value is -0.860. The van der Waals surface area contributed by atoms with Crippen LogP contribution in [0.3, 0.4) is 0 Å². The highest BCUT2D eigenvalue weighted by Gasteiger charge is 2.19. The Morgan fingerprint density at radius 1 is 1.55 bits per heavy atom. The molecule has 0 aromatic carbocycles. The van der Waals surface area contributed by atoms with Crippen LogP contribution in [0.1, 0.15) is 6.92 Å². The molecular weight excluding hydrogens is 140 g/mol. The molecule has 2 nitrogen and oxygen atoms in total. The van der Waals surface area contributed by atoms with E-state index in [2.05, 4.69) is 6.58 Å². The van der Waals surface area contributed by atoms with Crippen LogP contribution in [-0.4, -0.2) is 22.4 Å². The fourth-order valence-corrected chi connectivity index (χ4v) is 1.13. The van der Waals surface area contributed by atoms with Crippen molar-refractivity contribution in [3.8, 4) is 0 Å². The van der Waals surface area contributed by atoms with Gasteiger partial charge in [-0.15, -0.1) is 0 Å². The molecule has 0 heterocycles. The number of hydrogen-bond acceptors (Lipinski definition) is 2. The summed E-state index contributed by atoms with van der Waals surface area (Å²) in [6.45, 7) is 5.41. The van der Waals surface area contributed by atoms with Gasteiger partial charge in [-0.05, 0) is 12.5 Å². The number of aliphatic hydroxyl groups excluding tert-OH is 2. The average molecular weight is 152 g/mol. The Morgan fingerprint density at radius 3 is 2.73 bits per heavy atom. The second-order valence-electron chi connectivity index (χ2n) is 2.69. The normalized spacial score (nSPS) is 30.8. The third-order valence-corrected chi connectivity index (χ3v) is 1.73. The van der Waals surface area contributed by atoms with E-state index in [-0.39, 0.29) is 0 Å². The molecule has 2 heteroatoms. The van der Waals surface area contributed by atoms with Gasteiger partial charge in [0.05, 0.1) is 0 Å². The van der Waals surface area contributed by atoms with Crippen LogP contribution in [-0.2, 0) is 0 Å². The van der Waals surface area contributed by atoms with Crippen LogP contribution < -0.4 is 0 Å². The van der Waals surface area contributed by atoms with Gasteiger partial charge in [0.25, 0.3) is 0 Å². The van der Waals surface area contributed by atoms with Crippen LogP contribution >= 0.6 is 0 Å². The van der Waals surface area contributed by atoms with Crippen molar-refractivity contribution < 1.29 is 10.2 Å². The Labute approximate surface area is 66.2 Å². The molecule has 1 aliphatic rings. The summed E-state index contributed by atoms with van der Waals surface area (Å²) < 4.78 is 0. The van der Waals surface area contributed by atoms with Crippen LogP contribution in [0.4, 0.5) is 0 Å². The molecule has 0 bridgehead atoms. The van der Waals surface area contributed by atoms with Crippen molar-refractivity contribution in [2.45, 2.75) is 19.1 Å². The topological polar surface area (TPSA) is 40.5 Å². The SMILES string of the molecule is C=CC1=CC(C)=C[C@H](O)[C@@H]1O. The first-order valence-electron chi connectivity index (χ1n) is 3.53. The van der Waals surface area contributed by atoms with Crippen molar-refractivity contribution in [1.29, 1.82) is 0 Å². The van der Waals surface area contributed by atoms with Crippen molar-refractivity contribution in [2.75, 3.05) is 0 Å². The zero-order chi connectivity index (χ0) is 8.43. The molecule has 1 aliphatic carbocycles. The lowest BCUT2D eigenvalue weighted by Gasteiger charge is -2.20. The first-order chi connectivity index (χ1) is 5.15. The third-order valence-electron chi connectivity index (χ3n) is 1.73. The van der Waals surface area contributed by atoms with Crippen molar-refractivity contribution in [3.63, 3.8) is 0 Å². The maximum atomic E-state index is 9.32. The minimum atomic E-state index is -0.809. The number of hydrogen-bond donors (Lipinski definition) is 2. The quantitative estimate of drug-likeness (QED) is 0.583. The van der Waals surface area contributed by atoms with Gasteiger partial charge in [-0.3, -0.25) is 0 Å². The molecule has 2 atom stereocenters. The van der Waals surface area contributed by atoms with E-state index < -0.39 is 12.2 Å². The van der Waals surface area contributed by atoms with Gasteiger partial charge >= 0.3 is 0 Å². The Balaban J connectivity index is 2.92. The molecule has 0 aromatic heterocycles. The summed E-state index contributed by atoms with van der Waals surface area (Å²) in [7, 11) is 0. The fourth-order valence-electron chi connectivity index (χ4n) is 1.13. The summed E-state index contributed by atoms with van der Waals surface area (Å²) in [6, 6.07) is 0. The molecule has 0 saturated carbocycles. The van der Waals surface area contributed by atoms with Gasteiger partial charge in [0, 0.05) is 0 Å². The summed E-state index contributed by atoms with van der Waals surface area (Å²) in [6.07, 6.45) is 3.40. The van der Waals surface area contributed by atoms with Gasteiger partial charge < -0.3 is 10.2 Å². The molecule has 0 fully saturated rings. The highest BCUT2D eigenvalue weighted by Crippen LogP contribution is 2.18.